The molecular formula is C21H26N4O2S. The average molecular weight is 399 g/mol. The van der Waals surface area contributed by atoms with Crippen LogP contribution in [0.2, 0.25) is 0 Å². The number of carbonyl (C=O) groups excluding carboxylic acids is 2. The lowest BCUT2D eigenvalue weighted by atomic mass is 10.0. The number of hydrogen-bond acceptors (Lipinski definition) is 3. The molecule has 0 aromatic heterocycles. The van der Waals surface area contributed by atoms with Gasteiger partial charge in [-0.2, -0.15) is 0 Å². The molecule has 0 aliphatic carbocycles. The highest BCUT2D eigenvalue weighted by atomic mass is 32.1. The highest BCUT2D eigenvalue weighted by molar-refractivity contribution is 7.80. The van der Waals surface area contributed by atoms with Crippen molar-refractivity contribution in [1.82, 2.24) is 16.2 Å². The van der Waals surface area contributed by atoms with Gasteiger partial charge in [0.1, 0.15) is 0 Å². The van der Waals surface area contributed by atoms with Gasteiger partial charge in [-0.15, -0.1) is 0 Å². The Labute approximate surface area is 171 Å². The van der Waals surface area contributed by atoms with Gasteiger partial charge >= 0.3 is 0 Å². The summed E-state index contributed by atoms with van der Waals surface area (Å²) in [5, 5.41) is 6.09. The number of benzene rings is 2. The minimum Gasteiger partial charge on any atom is -0.349 e. The molecule has 0 spiro atoms. The lowest BCUT2D eigenvalue weighted by molar-refractivity contribution is -0.123. The van der Waals surface area contributed by atoms with Gasteiger partial charge in [-0.1, -0.05) is 56.3 Å². The van der Waals surface area contributed by atoms with Gasteiger partial charge < -0.3 is 10.6 Å². The van der Waals surface area contributed by atoms with Crippen molar-refractivity contribution < 1.29 is 9.59 Å². The maximum absolute atomic E-state index is 12.3. The number of amides is 2. The van der Waals surface area contributed by atoms with Gasteiger partial charge in [0.2, 0.25) is 11.8 Å². The molecule has 0 saturated carbocycles. The molecule has 1 atom stereocenters. The number of carbonyl (C=O) groups is 2. The molecule has 148 valence electrons. The first-order valence-corrected chi connectivity index (χ1v) is 9.54. The zero-order chi connectivity index (χ0) is 20.5. The summed E-state index contributed by atoms with van der Waals surface area (Å²) in [6, 6.07) is 16.9. The molecule has 2 aromatic rings. The van der Waals surface area contributed by atoms with Crippen LogP contribution in [0.3, 0.4) is 0 Å². The predicted molar refractivity (Wildman–Crippen MR) is 116 cm³/mol. The first kappa shape index (κ1) is 21.4. The van der Waals surface area contributed by atoms with Crippen LogP contribution in [0.25, 0.3) is 0 Å². The Balaban J connectivity index is 1.85. The van der Waals surface area contributed by atoms with Crippen molar-refractivity contribution in [2.75, 3.05) is 5.32 Å². The quantitative estimate of drug-likeness (QED) is 0.443. The topological polar surface area (TPSA) is 82.3 Å². The minimum absolute atomic E-state index is 0.0856. The van der Waals surface area contributed by atoms with Gasteiger partial charge in [-0.05, 0) is 41.4 Å². The van der Waals surface area contributed by atoms with E-state index in [0.29, 0.717) is 5.92 Å². The molecule has 0 fully saturated rings. The summed E-state index contributed by atoms with van der Waals surface area (Å²) in [6.07, 6.45) is 0.0856. The standard InChI is InChI=1S/C21H26N4O2S/c1-14(2)16-9-11-18(12-10-16)23-21(28)25-24-20(27)13-19(22-15(3)26)17-7-5-4-6-8-17/h4-12,14,19H,13H2,1-3H3,(H,22,26)(H,24,27)(H2,23,25,28)/t19-/m0/s1. The Bertz CT molecular complexity index is 807. The second-order valence-electron chi connectivity index (χ2n) is 6.77. The van der Waals surface area contributed by atoms with Crippen molar-refractivity contribution in [3.8, 4) is 0 Å². The third kappa shape index (κ3) is 7.00. The molecule has 0 radical (unpaired) electrons. The second-order valence-corrected chi connectivity index (χ2v) is 7.18. The molecule has 0 unspecified atom stereocenters. The first-order valence-electron chi connectivity index (χ1n) is 9.13. The zero-order valence-corrected chi connectivity index (χ0v) is 17.1. The largest absolute Gasteiger partial charge is 0.349 e. The zero-order valence-electron chi connectivity index (χ0n) is 16.3. The van der Waals surface area contributed by atoms with E-state index in [4.69, 9.17) is 12.2 Å². The van der Waals surface area contributed by atoms with Gasteiger partial charge in [0.25, 0.3) is 0 Å². The Morgan fingerprint density at radius 1 is 0.929 bits per heavy atom. The highest BCUT2D eigenvalue weighted by Crippen LogP contribution is 2.17. The summed E-state index contributed by atoms with van der Waals surface area (Å²) in [5.41, 5.74) is 8.18. The van der Waals surface area contributed by atoms with Crippen molar-refractivity contribution in [3.05, 3.63) is 65.7 Å². The van der Waals surface area contributed by atoms with E-state index < -0.39 is 6.04 Å². The van der Waals surface area contributed by atoms with E-state index in [2.05, 4.69) is 35.3 Å². The molecular weight excluding hydrogens is 372 g/mol. The summed E-state index contributed by atoms with van der Waals surface area (Å²) in [5.74, 6) is -0.0295. The summed E-state index contributed by atoms with van der Waals surface area (Å²) in [7, 11) is 0. The maximum atomic E-state index is 12.3. The normalized spacial score (nSPS) is 11.4. The van der Waals surface area contributed by atoms with Crippen molar-refractivity contribution >= 4 is 34.8 Å². The van der Waals surface area contributed by atoms with E-state index >= 15 is 0 Å². The van der Waals surface area contributed by atoms with Crippen molar-refractivity contribution in [2.45, 2.75) is 39.2 Å². The van der Waals surface area contributed by atoms with Crippen LogP contribution in [0.1, 0.15) is 50.3 Å². The third-order valence-corrected chi connectivity index (χ3v) is 4.32. The molecule has 0 bridgehead atoms. The molecule has 0 aliphatic rings. The molecule has 0 heterocycles. The molecule has 28 heavy (non-hydrogen) atoms. The minimum atomic E-state index is -0.411. The van der Waals surface area contributed by atoms with Crippen LogP contribution >= 0.6 is 12.2 Å². The van der Waals surface area contributed by atoms with Crippen LogP contribution in [-0.2, 0) is 9.59 Å². The van der Waals surface area contributed by atoms with Crippen LogP contribution in [0.4, 0.5) is 5.69 Å². The fourth-order valence-corrected chi connectivity index (χ4v) is 2.83. The van der Waals surface area contributed by atoms with Crippen LogP contribution < -0.4 is 21.5 Å². The van der Waals surface area contributed by atoms with E-state index in [9.17, 15) is 9.59 Å². The number of hydrazine groups is 1. The van der Waals surface area contributed by atoms with Crippen LogP contribution in [0.5, 0.6) is 0 Å². The third-order valence-electron chi connectivity index (χ3n) is 4.12. The van der Waals surface area contributed by atoms with E-state index in [1.54, 1.807) is 0 Å². The number of anilines is 1. The van der Waals surface area contributed by atoms with E-state index in [1.807, 2.05) is 54.6 Å². The van der Waals surface area contributed by atoms with Crippen LogP contribution in [-0.4, -0.2) is 16.9 Å². The number of hydrogen-bond donors (Lipinski definition) is 4. The Hall–Kier alpha value is -2.93. The lowest BCUT2D eigenvalue weighted by Crippen LogP contribution is -2.45. The molecule has 2 rings (SSSR count). The van der Waals surface area contributed by atoms with Crippen molar-refractivity contribution in [3.63, 3.8) is 0 Å². The van der Waals surface area contributed by atoms with Gasteiger partial charge in [0.05, 0.1) is 12.5 Å². The SMILES string of the molecule is CC(=O)N[C@@H](CC(=O)NNC(=S)Nc1ccc(C(C)C)cc1)c1ccccc1. The van der Waals surface area contributed by atoms with Crippen LogP contribution in [0, 0.1) is 0 Å². The van der Waals surface area contributed by atoms with Gasteiger partial charge in [-0.3, -0.25) is 20.4 Å². The number of nitrogens with one attached hydrogen (secondary N) is 4. The first-order chi connectivity index (χ1) is 13.3. The monoisotopic (exact) mass is 398 g/mol. The van der Waals surface area contributed by atoms with Crippen LogP contribution in [0.15, 0.2) is 54.6 Å². The van der Waals surface area contributed by atoms with E-state index in [0.717, 1.165) is 11.3 Å². The molecule has 2 amide bonds. The highest BCUT2D eigenvalue weighted by Gasteiger charge is 2.17. The summed E-state index contributed by atoms with van der Waals surface area (Å²) < 4.78 is 0. The summed E-state index contributed by atoms with van der Waals surface area (Å²) >= 11 is 5.21. The molecule has 7 heteroatoms. The number of thiocarbonyl (C=S) groups is 1. The fraction of sp³-hybridized carbons (Fsp3) is 0.286. The van der Waals surface area contributed by atoms with Gasteiger partial charge in [0, 0.05) is 12.6 Å². The number of rotatable bonds is 6. The average Bonchev–Trinajstić information content (AvgIpc) is 2.66. The summed E-state index contributed by atoms with van der Waals surface area (Å²) in [6.45, 7) is 5.69. The van der Waals surface area contributed by atoms with Crippen molar-refractivity contribution in [2.24, 2.45) is 0 Å². The van der Waals surface area contributed by atoms with E-state index in [-0.39, 0.29) is 23.3 Å². The van der Waals surface area contributed by atoms with Crippen molar-refractivity contribution in [1.29, 1.82) is 0 Å². The maximum Gasteiger partial charge on any atom is 0.240 e. The molecule has 2 aromatic carbocycles. The van der Waals surface area contributed by atoms with Gasteiger partial charge in [0.15, 0.2) is 5.11 Å². The second kappa shape index (κ2) is 10.4. The lowest BCUT2D eigenvalue weighted by Gasteiger charge is -2.19. The molecule has 4 N–H and O–H groups in total. The Morgan fingerprint density at radius 3 is 2.14 bits per heavy atom. The Morgan fingerprint density at radius 2 is 1.57 bits per heavy atom. The predicted octanol–water partition coefficient (Wildman–Crippen LogP) is 3.40. The molecule has 0 saturated heterocycles. The molecule has 0 aliphatic heterocycles. The smallest absolute Gasteiger partial charge is 0.240 e. The van der Waals surface area contributed by atoms with E-state index in [1.165, 1.54) is 12.5 Å². The summed E-state index contributed by atoms with van der Waals surface area (Å²) in [4.78, 5) is 23.7. The molecule has 6 nitrogen and oxygen atoms in total. The van der Waals surface area contributed by atoms with Gasteiger partial charge in [-0.25, -0.2) is 0 Å². The fourth-order valence-electron chi connectivity index (χ4n) is 2.66. The Kier molecular flexibility index (Phi) is 7.95.